The van der Waals surface area contributed by atoms with Crippen LogP contribution in [0.15, 0.2) is 47.1 Å². The van der Waals surface area contributed by atoms with Crippen LogP contribution in [0.2, 0.25) is 0 Å². The van der Waals surface area contributed by atoms with Gasteiger partial charge in [-0.3, -0.25) is 14.9 Å². The standard InChI is InChI=1S/C19H14N2O8S/c22-18(14-2-1-5-27-14)20-16-4-3-15(30-16)19(23)28-9-12-7-13(21(24)25)6-11-8-26-10-29-17(11)12/h1-7H,8-10H2,(H,20,22). The molecule has 1 N–H and O–H groups in total. The van der Waals surface area contributed by atoms with Crippen molar-refractivity contribution in [2.75, 3.05) is 12.1 Å². The van der Waals surface area contributed by atoms with Gasteiger partial charge in [-0.1, -0.05) is 0 Å². The number of benzene rings is 1. The fourth-order valence-electron chi connectivity index (χ4n) is 2.80. The van der Waals surface area contributed by atoms with Gasteiger partial charge in [0.25, 0.3) is 11.6 Å². The number of non-ortho nitro benzene ring substituents is 1. The lowest BCUT2D eigenvalue weighted by Gasteiger charge is -2.20. The van der Waals surface area contributed by atoms with Crippen LogP contribution in [-0.4, -0.2) is 23.6 Å². The Morgan fingerprint density at radius 2 is 2.13 bits per heavy atom. The van der Waals surface area contributed by atoms with E-state index in [-0.39, 0.29) is 36.3 Å². The van der Waals surface area contributed by atoms with E-state index in [0.29, 0.717) is 21.9 Å². The first-order valence-corrected chi connectivity index (χ1v) is 9.45. The zero-order valence-electron chi connectivity index (χ0n) is 15.3. The molecule has 0 spiro atoms. The number of nitro groups is 1. The summed E-state index contributed by atoms with van der Waals surface area (Å²) in [6, 6.07) is 8.86. The quantitative estimate of drug-likeness (QED) is 0.356. The highest BCUT2D eigenvalue weighted by Crippen LogP contribution is 2.33. The number of carbonyl (C=O) groups is 2. The lowest BCUT2D eigenvalue weighted by Crippen LogP contribution is -2.14. The molecule has 10 nitrogen and oxygen atoms in total. The molecule has 1 aliphatic heterocycles. The van der Waals surface area contributed by atoms with Crippen molar-refractivity contribution in [1.29, 1.82) is 0 Å². The smallest absolute Gasteiger partial charge is 0.348 e. The molecule has 30 heavy (non-hydrogen) atoms. The number of esters is 1. The molecule has 3 aromatic rings. The Kier molecular flexibility index (Phi) is 5.46. The van der Waals surface area contributed by atoms with E-state index in [0.717, 1.165) is 11.3 Å². The van der Waals surface area contributed by atoms with E-state index in [4.69, 9.17) is 18.6 Å². The highest BCUT2D eigenvalue weighted by atomic mass is 32.1. The van der Waals surface area contributed by atoms with E-state index in [1.807, 2.05) is 0 Å². The predicted molar refractivity (Wildman–Crippen MR) is 103 cm³/mol. The molecule has 1 amide bonds. The number of nitrogens with one attached hydrogen (secondary N) is 1. The molecule has 4 rings (SSSR count). The average Bonchev–Trinajstić information content (AvgIpc) is 3.44. The second-order valence-corrected chi connectivity index (χ2v) is 7.22. The minimum Gasteiger partial charge on any atom is -0.467 e. The summed E-state index contributed by atoms with van der Waals surface area (Å²) < 4.78 is 20.9. The van der Waals surface area contributed by atoms with Crippen molar-refractivity contribution in [3.05, 3.63) is 74.5 Å². The Balaban J connectivity index is 1.44. The molecule has 1 aromatic carbocycles. The number of carbonyl (C=O) groups excluding carboxylic acids is 2. The van der Waals surface area contributed by atoms with Crippen molar-refractivity contribution in [2.24, 2.45) is 0 Å². The van der Waals surface area contributed by atoms with Crippen molar-refractivity contribution in [3.8, 4) is 5.75 Å². The summed E-state index contributed by atoms with van der Waals surface area (Å²) in [5.74, 6) is -0.514. The minimum atomic E-state index is -0.634. The Morgan fingerprint density at radius 1 is 1.27 bits per heavy atom. The summed E-state index contributed by atoms with van der Waals surface area (Å²) >= 11 is 1.03. The van der Waals surface area contributed by atoms with Crippen LogP contribution in [-0.2, 0) is 22.7 Å². The van der Waals surface area contributed by atoms with Crippen LogP contribution in [0.4, 0.5) is 10.7 Å². The van der Waals surface area contributed by atoms with E-state index < -0.39 is 16.8 Å². The summed E-state index contributed by atoms with van der Waals surface area (Å²) in [7, 11) is 0. The fraction of sp³-hybridized carbons (Fsp3) is 0.158. The zero-order chi connectivity index (χ0) is 21.1. The lowest BCUT2D eigenvalue weighted by molar-refractivity contribution is -0.385. The topological polar surface area (TPSA) is 130 Å². The summed E-state index contributed by atoms with van der Waals surface area (Å²) in [4.78, 5) is 35.3. The third-order valence-electron chi connectivity index (χ3n) is 4.13. The third-order valence-corrected chi connectivity index (χ3v) is 5.11. The number of rotatable bonds is 6. The first kappa shape index (κ1) is 19.6. The van der Waals surface area contributed by atoms with Gasteiger partial charge < -0.3 is 23.9 Å². The Hall–Kier alpha value is -3.70. The van der Waals surface area contributed by atoms with Crippen LogP contribution < -0.4 is 10.1 Å². The number of anilines is 1. The minimum absolute atomic E-state index is 0.00933. The Morgan fingerprint density at radius 3 is 2.90 bits per heavy atom. The average molecular weight is 430 g/mol. The normalized spacial score (nSPS) is 12.5. The number of furan rings is 1. The van der Waals surface area contributed by atoms with E-state index in [2.05, 4.69) is 5.32 Å². The van der Waals surface area contributed by atoms with Crippen molar-refractivity contribution < 1.29 is 33.1 Å². The maximum absolute atomic E-state index is 12.4. The van der Waals surface area contributed by atoms with E-state index in [1.54, 1.807) is 12.1 Å². The van der Waals surface area contributed by atoms with Crippen LogP contribution in [0.3, 0.4) is 0 Å². The zero-order valence-corrected chi connectivity index (χ0v) is 16.1. The largest absolute Gasteiger partial charge is 0.467 e. The van der Waals surface area contributed by atoms with Gasteiger partial charge in [0, 0.05) is 23.3 Å². The molecule has 0 atom stereocenters. The van der Waals surface area contributed by atoms with Gasteiger partial charge in [-0.25, -0.2) is 4.79 Å². The molecule has 0 bridgehead atoms. The van der Waals surface area contributed by atoms with Gasteiger partial charge >= 0.3 is 5.97 Å². The first-order chi connectivity index (χ1) is 14.5. The van der Waals surface area contributed by atoms with Gasteiger partial charge in [-0.05, 0) is 24.3 Å². The van der Waals surface area contributed by atoms with Crippen molar-refractivity contribution in [3.63, 3.8) is 0 Å². The predicted octanol–water partition coefficient (Wildman–Crippen LogP) is 3.73. The molecule has 3 heterocycles. The highest BCUT2D eigenvalue weighted by molar-refractivity contribution is 7.18. The summed E-state index contributed by atoms with van der Waals surface area (Å²) in [5.41, 5.74) is 0.743. The number of nitro benzene ring substituents is 1. The number of hydrogen-bond acceptors (Lipinski definition) is 9. The molecule has 1 aliphatic rings. The summed E-state index contributed by atoms with van der Waals surface area (Å²) in [6.45, 7) is -0.0359. The number of fused-ring (bicyclic) bond motifs is 1. The van der Waals surface area contributed by atoms with Gasteiger partial charge in [0.15, 0.2) is 12.6 Å². The third kappa shape index (κ3) is 4.16. The number of thiophene rings is 1. The number of hydrogen-bond donors (Lipinski definition) is 1. The molecule has 0 aliphatic carbocycles. The number of amides is 1. The van der Waals surface area contributed by atoms with Crippen LogP contribution in [0.5, 0.6) is 5.75 Å². The maximum atomic E-state index is 12.4. The van der Waals surface area contributed by atoms with Crippen molar-refractivity contribution in [2.45, 2.75) is 13.2 Å². The SMILES string of the molecule is O=C(Nc1ccc(C(=O)OCc2cc([N+](=O)[O-])cc3c2OCOC3)s1)c1ccco1. The molecule has 2 aromatic heterocycles. The van der Waals surface area contributed by atoms with Gasteiger partial charge in [0.1, 0.15) is 17.2 Å². The van der Waals surface area contributed by atoms with Gasteiger partial charge in [0.2, 0.25) is 0 Å². The lowest BCUT2D eigenvalue weighted by atomic mass is 10.1. The van der Waals surface area contributed by atoms with Gasteiger partial charge in [0.05, 0.1) is 22.8 Å². The highest BCUT2D eigenvalue weighted by Gasteiger charge is 2.22. The molecule has 0 saturated carbocycles. The second-order valence-electron chi connectivity index (χ2n) is 6.13. The van der Waals surface area contributed by atoms with E-state index in [9.17, 15) is 19.7 Å². The molecule has 154 valence electrons. The molecular formula is C19H14N2O8S. The molecule has 0 radical (unpaired) electrons. The maximum Gasteiger partial charge on any atom is 0.348 e. The number of nitrogens with zero attached hydrogens (tertiary/aromatic N) is 1. The summed E-state index contributed by atoms with van der Waals surface area (Å²) in [6.07, 6.45) is 1.38. The fourth-order valence-corrected chi connectivity index (χ4v) is 3.60. The number of ether oxygens (including phenoxy) is 3. The van der Waals surface area contributed by atoms with Crippen LogP contribution in [0, 0.1) is 10.1 Å². The monoisotopic (exact) mass is 430 g/mol. The Bertz CT molecular complexity index is 1110. The molecule has 0 fully saturated rings. The van der Waals surface area contributed by atoms with Crippen LogP contribution in [0.1, 0.15) is 31.4 Å². The van der Waals surface area contributed by atoms with Crippen LogP contribution in [0.25, 0.3) is 0 Å². The van der Waals surface area contributed by atoms with Crippen molar-refractivity contribution >= 4 is 33.9 Å². The van der Waals surface area contributed by atoms with Gasteiger partial charge in [-0.2, -0.15) is 0 Å². The van der Waals surface area contributed by atoms with Gasteiger partial charge in [-0.15, -0.1) is 11.3 Å². The molecular weight excluding hydrogens is 416 g/mol. The Labute approximate surface area is 173 Å². The van der Waals surface area contributed by atoms with Crippen molar-refractivity contribution in [1.82, 2.24) is 0 Å². The molecule has 11 heteroatoms. The first-order valence-electron chi connectivity index (χ1n) is 8.64. The summed E-state index contributed by atoms with van der Waals surface area (Å²) in [5, 5.41) is 14.2. The van der Waals surface area contributed by atoms with Crippen LogP contribution >= 0.6 is 11.3 Å². The second kappa shape index (κ2) is 8.35. The molecule has 0 unspecified atom stereocenters. The molecule has 0 saturated heterocycles. The van der Waals surface area contributed by atoms with E-state index >= 15 is 0 Å². The van der Waals surface area contributed by atoms with E-state index in [1.165, 1.54) is 30.5 Å².